The van der Waals surface area contributed by atoms with Gasteiger partial charge in [0.25, 0.3) is 0 Å². The van der Waals surface area contributed by atoms with E-state index in [9.17, 15) is 22.7 Å². The van der Waals surface area contributed by atoms with E-state index >= 15 is 0 Å². The summed E-state index contributed by atoms with van der Waals surface area (Å²) in [5.74, 6) is -0.549. The molecule has 0 amide bonds. The lowest BCUT2D eigenvalue weighted by Crippen LogP contribution is -2.30. The average Bonchev–Trinajstić information content (AvgIpc) is 2.17. The molecule has 90 valence electrons. The van der Waals surface area contributed by atoms with E-state index in [2.05, 4.69) is 0 Å². The Morgan fingerprint density at radius 2 is 1.56 bits per heavy atom. The van der Waals surface area contributed by atoms with Crippen molar-refractivity contribution in [1.82, 2.24) is 0 Å². The first-order chi connectivity index (χ1) is 7.30. The highest BCUT2D eigenvalue weighted by molar-refractivity contribution is 5.18. The number of halogens is 4. The van der Waals surface area contributed by atoms with Gasteiger partial charge in [0.2, 0.25) is 0 Å². The normalized spacial score (nSPS) is 15.9. The van der Waals surface area contributed by atoms with E-state index in [4.69, 9.17) is 5.11 Å². The zero-order valence-corrected chi connectivity index (χ0v) is 8.08. The summed E-state index contributed by atoms with van der Waals surface area (Å²) >= 11 is 0. The lowest BCUT2D eigenvalue weighted by molar-refractivity contribution is -0.211. The Morgan fingerprint density at radius 1 is 1.06 bits per heavy atom. The van der Waals surface area contributed by atoms with Crippen LogP contribution in [0.4, 0.5) is 17.6 Å². The van der Waals surface area contributed by atoms with Crippen LogP contribution in [0.2, 0.25) is 0 Å². The average molecular weight is 238 g/mol. The fraction of sp³-hybridized carbons (Fsp3) is 0.400. The zero-order chi connectivity index (χ0) is 12.3. The van der Waals surface area contributed by atoms with Crippen molar-refractivity contribution in [2.45, 2.75) is 24.8 Å². The highest BCUT2D eigenvalue weighted by Crippen LogP contribution is 2.28. The summed E-state index contributed by atoms with van der Waals surface area (Å²) in [5, 5.41) is 18.1. The largest absolute Gasteiger partial charge is 0.414 e. The SMILES string of the molecule is OC(CC(O)C(F)(F)F)c1ccc(F)cc1. The molecule has 2 nitrogen and oxygen atoms in total. The molecular weight excluding hydrogens is 228 g/mol. The summed E-state index contributed by atoms with van der Waals surface area (Å²) < 4.78 is 48.4. The molecule has 2 atom stereocenters. The van der Waals surface area contributed by atoms with E-state index in [0.29, 0.717) is 0 Å². The molecule has 1 rings (SSSR count). The van der Waals surface area contributed by atoms with Gasteiger partial charge >= 0.3 is 6.18 Å². The first kappa shape index (κ1) is 12.9. The van der Waals surface area contributed by atoms with E-state index in [-0.39, 0.29) is 5.56 Å². The van der Waals surface area contributed by atoms with Crippen molar-refractivity contribution in [2.75, 3.05) is 0 Å². The van der Waals surface area contributed by atoms with Gasteiger partial charge in [-0.1, -0.05) is 12.1 Å². The maximum absolute atomic E-state index is 12.5. The van der Waals surface area contributed by atoms with Gasteiger partial charge in [-0.25, -0.2) is 4.39 Å². The first-order valence-electron chi connectivity index (χ1n) is 4.49. The molecule has 6 heteroatoms. The predicted molar refractivity (Wildman–Crippen MR) is 48.0 cm³/mol. The lowest BCUT2D eigenvalue weighted by Gasteiger charge is -2.18. The molecule has 0 saturated carbocycles. The van der Waals surface area contributed by atoms with Gasteiger partial charge in [0.15, 0.2) is 6.10 Å². The second kappa shape index (κ2) is 4.80. The number of aliphatic hydroxyl groups is 2. The lowest BCUT2D eigenvalue weighted by atomic mass is 10.0. The minimum atomic E-state index is -4.76. The van der Waals surface area contributed by atoms with E-state index in [0.717, 1.165) is 12.1 Å². The van der Waals surface area contributed by atoms with Crippen molar-refractivity contribution in [3.8, 4) is 0 Å². The van der Waals surface area contributed by atoms with Crippen LogP contribution >= 0.6 is 0 Å². The maximum atomic E-state index is 12.5. The van der Waals surface area contributed by atoms with Gasteiger partial charge in [-0.05, 0) is 17.7 Å². The molecule has 0 fully saturated rings. The quantitative estimate of drug-likeness (QED) is 0.792. The minimum Gasteiger partial charge on any atom is -0.388 e. The van der Waals surface area contributed by atoms with Crippen LogP contribution in [-0.4, -0.2) is 22.5 Å². The molecule has 0 aromatic heterocycles. The Hall–Kier alpha value is -1.14. The van der Waals surface area contributed by atoms with Crippen molar-refractivity contribution in [1.29, 1.82) is 0 Å². The van der Waals surface area contributed by atoms with Gasteiger partial charge in [-0.2, -0.15) is 13.2 Å². The van der Waals surface area contributed by atoms with Crippen LogP contribution in [0.1, 0.15) is 18.1 Å². The summed E-state index contributed by atoms with van der Waals surface area (Å²) in [6, 6.07) is 4.39. The van der Waals surface area contributed by atoms with Gasteiger partial charge in [-0.3, -0.25) is 0 Å². The molecule has 0 aliphatic heterocycles. The van der Waals surface area contributed by atoms with Crippen LogP contribution in [0.5, 0.6) is 0 Å². The van der Waals surface area contributed by atoms with Gasteiger partial charge in [-0.15, -0.1) is 0 Å². The molecular formula is C10H10F4O2. The molecule has 1 aromatic carbocycles. The van der Waals surface area contributed by atoms with Crippen molar-refractivity contribution >= 4 is 0 Å². The molecule has 0 saturated heterocycles. The second-order valence-electron chi connectivity index (χ2n) is 3.36. The monoisotopic (exact) mass is 238 g/mol. The summed E-state index contributed by atoms with van der Waals surface area (Å²) in [6.07, 6.45) is -9.69. The van der Waals surface area contributed by atoms with Crippen LogP contribution in [0.3, 0.4) is 0 Å². The summed E-state index contributed by atoms with van der Waals surface area (Å²) in [4.78, 5) is 0. The van der Waals surface area contributed by atoms with Crippen LogP contribution < -0.4 is 0 Å². The highest BCUT2D eigenvalue weighted by Gasteiger charge is 2.39. The van der Waals surface area contributed by atoms with Crippen molar-refractivity contribution in [2.24, 2.45) is 0 Å². The fourth-order valence-electron chi connectivity index (χ4n) is 1.17. The summed E-state index contributed by atoms with van der Waals surface area (Å²) in [6.45, 7) is 0. The Bertz CT molecular complexity index is 334. The third-order valence-electron chi connectivity index (χ3n) is 2.08. The van der Waals surface area contributed by atoms with Crippen molar-refractivity contribution in [3.05, 3.63) is 35.6 Å². The van der Waals surface area contributed by atoms with Gasteiger partial charge in [0, 0.05) is 6.42 Å². The van der Waals surface area contributed by atoms with Gasteiger partial charge in [0.1, 0.15) is 5.82 Å². The van der Waals surface area contributed by atoms with Gasteiger partial charge < -0.3 is 10.2 Å². The Labute approximate surface area is 89.1 Å². The zero-order valence-electron chi connectivity index (χ0n) is 8.08. The number of aliphatic hydroxyl groups excluding tert-OH is 2. The van der Waals surface area contributed by atoms with Crippen LogP contribution in [-0.2, 0) is 0 Å². The van der Waals surface area contributed by atoms with Crippen molar-refractivity contribution < 1.29 is 27.8 Å². The van der Waals surface area contributed by atoms with Crippen LogP contribution in [0, 0.1) is 5.82 Å². The van der Waals surface area contributed by atoms with E-state index in [1.807, 2.05) is 0 Å². The summed E-state index contributed by atoms with van der Waals surface area (Å²) in [7, 11) is 0. The van der Waals surface area contributed by atoms with E-state index in [1.54, 1.807) is 0 Å². The van der Waals surface area contributed by atoms with Crippen molar-refractivity contribution in [3.63, 3.8) is 0 Å². The fourth-order valence-corrected chi connectivity index (χ4v) is 1.17. The molecule has 0 bridgehead atoms. The van der Waals surface area contributed by atoms with Gasteiger partial charge in [0.05, 0.1) is 6.10 Å². The molecule has 0 aliphatic rings. The van der Waals surface area contributed by atoms with Crippen LogP contribution in [0.25, 0.3) is 0 Å². The van der Waals surface area contributed by atoms with E-state index < -0.39 is 30.6 Å². The third-order valence-corrected chi connectivity index (χ3v) is 2.08. The molecule has 1 aromatic rings. The number of hydrogen-bond acceptors (Lipinski definition) is 2. The van der Waals surface area contributed by atoms with E-state index in [1.165, 1.54) is 12.1 Å². The highest BCUT2D eigenvalue weighted by atomic mass is 19.4. The Kier molecular flexibility index (Phi) is 3.88. The standard InChI is InChI=1S/C10H10F4O2/c11-7-3-1-6(2-4-7)8(15)5-9(16)10(12,13)14/h1-4,8-9,15-16H,5H2. The molecule has 2 unspecified atom stereocenters. The topological polar surface area (TPSA) is 40.5 Å². The summed E-state index contributed by atoms with van der Waals surface area (Å²) in [5.41, 5.74) is 0.129. The molecule has 16 heavy (non-hydrogen) atoms. The maximum Gasteiger partial charge on any atom is 0.414 e. The third kappa shape index (κ3) is 3.46. The number of benzene rings is 1. The predicted octanol–water partition coefficient (Wildman–Crippen LogP) is 2.17. The van der Waals surface area contributed by atoms with Crippen LogP contribution in [0.15, 0.2) is 24.3 Å². The Balaban J connectivity index is 2.65. The molecule has 2 N–H and O–H groups in total. The number of hydrogen-bond donors (Lipinski definition) is 2. The number of rotatable bonds is 3. The number of alkyl halides is 3. The minimum absolute atomic E-state index is 0.129. The molecule has 0 spiro atoms. The molecule has 0 radical (unpaired) electrons. The first-order valence-corrected chi connectivity index (χ1v) is 4.49. The molecule has 0 aliphatic carbocycles. The Morgan fingerprint density at radius 3 is 2.00 bits per heavy atom. The smallest absolute Gasteiger partial charge is 0.388 e. The second-order valence-corrected chi connectivity index (χ2v) is 3.36. The molecule has 0 heterocycles.